The van der Waals surface area contributed by atoms with E-state index in [-0.39, 0.29) is 12.2 Å². The van der Waals surface area contributed by atoms with Gasteiger partial charge >= 0.3 is 0 Å². The second kappa shape index (κ2) is 7.07. The van der Waals surface area contributed by atoms with Crippen molar-refractivity contribution in [1.29, 1.82) is 0 Å². The first-order valence-corrected chi connectivity index (χ1v) is 6.76. The number of nitrogens with two attached hydrogens (primary N) is 1. The van der Waals surface area contributed by atoms with Gasteiger partial charge in [0.15, 0.2) is 0 Å². The van der Waals surface area contributed by atoms with E-state index in [1.165, 1.54) is 11.1 Å². The van der Waals surface area contributed by atoms with Gasteiger partial charge in [-0.05, 0) is 31.0 Å². The van der Waals surface area contributed by atoms with Gasteiger partial charge in [-0.15, -0.1) is 0 Å². The van der Waals surface area contributed by atoms with E-state index in [0.29, 0.717) is 6.54 Å². The molecule has 0 aromatic heterocycles. The molecular weight excluding hydrogens is 234 g/mol. The van der Waals surface area contributed by atoms with Crippen molar-refractivity contribution in [3.8, 4) is 0 Å². The fourth-order valence-corrected chi connectivity index (χ4v) is 2.14. The van der Waals surface area contributed by atoms with Crippen molar-refractivity contribution in [2.24, 2.45) is 5.73 Å². The molecule has 0 saturated heterocycles. The Kier molecular flexibility index (Phi) is 5.13. The summed E-state index contributed by atoms with van der Waals surface area (Å²) in [7, 11) is 0. The lowest BCUT2D eigenvalue weighted by atomic mass is 10.0. The Morgan fingerprint density at radius 1 is 0.895 bits per heavy atom. The Balaban J connectivity index is 2.24. The Hall–Kier alpha value is -1.64. The zero-order valence-electron chi connectivity index (χ0n) is 11.3. The molecule has 2 N–H and O–H groups in total. The topological polar surface area (TPSA) is 35.2 Å². The van der Waals surface area contributed by atoms with E-state index in [4.69, 9.17) is 10.5 Å². The van der Waals surface area contributed by atoms with Crippen molar-refractivity contribution in [3.05, 3.63) is 71.8 Å². The molecule has 0 spiro atoms. The Bertz CT molecular complexity index is 430. The van der Waals surface area contributed by atoms with E-state index >= 15 is 0 Å². The molecule has 1 unspecified atom stereocenters. The van der Waals surface area contributed by atoms with Crippen LogP contribution in [0.15, 0.2) is 60.7 Å². The molecular formula is C17H21NO. The summed E-state index contributed by atoms with van der Waals surface area (Å²) in [5, 5.41) is 0. The fraction of sp³-hybridized carbons (Fsp3) is 0.294. The van der Waals surface area contributed by atoms with Gasteiger partial charge < -0.3 is 10.5 Å². The number of ether oxygens (including phenoxy) is 1. The minimum atomic E-state index is -0.0241. The summed E-state index contributed by atoms with van der Waals surface area (Å²) in [4.78, 5) is 0. The van der Waals surface area contributed by atoms with Crippen molar-refractivity contribution in [3.63, 3.8) is 0 Å². The third kappa shape index (κ3) is 3.91. The molecule has 2 heteroatoms. The highest BCUT2D eigenvalue weighted by atomic mass is 16.5. The molecule has 2 aromatic rings. The Labute approximate surface area is 115 Å². The number of hydrogen-bond acceptors (Lipinski definition) is 2. The molecule has 100 valence electrons. The number of hydrogen-bond donors (Lipinski definition) is 1. The lowest BCUT2D eigenvalue weighted by Crippen LogP contribution is -2.18. The van der Waals surface area contributed by atoms with Crippen LogP contribution in [-0.2, 0) is 4.74 Å². The first-order valence-electron chi connectivity index (χ1n) is 6.76. The highest BCUT2D eigenvalue weighted by Crippen LogP contribution is 2.27. The third-order valence-electron chi connectivity index (χ3n) is 3.15. The molecule has 0 amide bonds. The van der Waals surface area contributed by atoms with Crippen LogP contribution in [0.5, 0.6) is 0 Å². The molecule has 1 atom stereocenters. The predicted octanol–water partition coefficient (Wildman–Crippen LogP) is 3.53. The van der Waals surface area contributed by atoms with Crippen molar-refractivity contribution in [2.75, 3.05) is 6.54 Å². The van der Waals surface area contributed by atoms with Crippen LogP contribution < -0.4 is 5.73 Å². The zero-order valence-corrected chi connectivity index (χ0v) is 11.3. The monoisotopic (exact) mass is 255 g/mol. The van der Waals surface area contributed by atoms with Crippen molar-refractivity contribution in [1.82, 2.24) is 0 Å². The molecule has 0 aliphatic rings. The van der Waals surface area contributed by atoms with Crippen molar-refractivity contribution >= 4 is 0 Å². The zero-order chi connectivity index (χ0) is 13.5. The van der Waals surface area contributed by atoms with Gasteiger partial charge in [0.1, 0.15) is 6.10 Å². The maximum absolute atomic E-state index is 6.18. The van der Waals surface area contributed by atoms with Gasteiger partial charge in [-0.2, -0.15) is 0 Å². The standard InChI is InChI=1S/C17H21NO/c1-14(12-13-18)19-17(15-8-4-2-5-9-15)16-10-6-3-7-11-16/h2-11,14,17H,12-13,18H2,1H3. The summed E-state index contributed by atoms with van der Waals surface area (Å²) in [6, 6.07) is 20.6. The number of benzene rings is 2. The summed E-state index contributed by atoms with van der Waals surface area (Å²) in [6.45, 7) is 2.73. The van der Waals surface area contributed by atoms with Crippen LogP contribution >= 0.6 is 0 Å². The van der Waals surface area contributed by atoms with E-state index in [1.54, 1.807) is 0 Å². The van der Waals surface area contributed by atoms with Crippen LogP contribution in [0.2, 0.25) is 0 Å². The third-order valence-corrected chi connectivity index (χ3v) is 3.15. The maximum Gasteiger partial charge on any atom is 0.108 e. The average Bonchev–Trinajstić information content (AvgIpc) is 2.47. The second-order valence-corrected chi connectivity index (χ2v) is 4.73. The smallest absolute Gasteiger partial charge is 0.108 e. The minimum Gasteiger partial charge on any atom is -0.366 e. The van der Waals surface area contributed by atoms with Gasteiger partial charge in [0.05, 0.1) is 6.10 Å². The predicted molar refractivity (Wildman–Crippen MR) is 78.9 cm³/mol. The van der Waals surface area contributed by atoms with Crippen LogP contribution in [0.25, 0.3) is 0 Å². The summed E-state index contributed by atoms with van der Waals surface area (Å²) < 4.78 is 6.18. The van der Waals surface area contributed by atoms with Crippen molar-refractivity contribution < 1.29 is 4.74 Å². The summed E-state index contributed by atoms with van der Waals surface area (Å²) in [6.07, 6.45) is 0.996. The molecule has 0 saturated carbocycles. The highest BCUT2D eigenvalue weighted by molar-refractivity contribution is 5.29. The minimum absolute atomic E-state index is 0.0241. The molecule has 2 nitrogen and oxygen atoms in total. The lowest BCUT2D eigenvalue weighted by molar-refractivity contribution is 0.0161. The SMILES string of the molecule is CC(CCN)OC(c1ccccc1)c1ccccc1. The largest absolute Gasteiger partial charge is 0.366 e. The molecule has 0 fully saturated rings. The normalized spacial score (nSPS) is 12.6. The first kappa shape index (κ1) is 13.8. The van der Waals surface area contributed by atoms with E-state index < -0.39 is 0 Å². The summed E-state index contributed by atoms with van der Waals surface area (Å²) in [5.41, 5.74) is 7.96. The summed E-state index contributed by atoms with van der Waals surface area (Å²) >= 11 is 0. The fourth-order valence-electron chi connectivity index (χ4n) is 2.14. The first-order chi connectivity index (χ1) is 9.31. The second-order valence-electron chi connectivity index (χ2n) is 4.73. The highest BCUT2D eigenvalue weighted by Gasteiger charge is 2.17. The average molecular weight is 255 g/mol. The van der Waals surface area contributed by atoms with Gasteiger partial charge in [-0.1, -0.05) is 60.7 Å². The lowest BCUT2D eigenvalue weighted by Gasteiger charge is -2.23. The van der Waals surface area contributed by atoms with Gasteiger partial charge in [0.25, 0.3) is 0 Å². The van der Waals surface area contributed by atoms with Crippen molar-refractivity contribution in [2.45, 2.75) is 25.6 Å². The molecule has 0 heterocycles. The maximum atomic E-state index is 6.18. The molecule has 2 aromatic carbocycles. The Morgan fingerprint density at radius 2 is 1.37 bits per heavy atom. The van der Waals surface area contributed by atoms with Crippen LogP contribution in [0.3, 0.4) is 0 Å². The van der Waals surface area contributed by atoms with Gasteiger partial charge in [0, 0.05) is 0 Å². The van der Waals surface area contributed by atoms with E-state index in [9.17, 15) is 0 Å². The Morgan fingerprint density at radius 3 is 1.79 bits per heavy atom. The molecule has 19 heavy (non-hydrogen) atoms. The van der Waals surface area contributed by atoms with Gasteiger partial charge in [0.2, 0.25) is 0 Å². The molecule has 0 radical (unpaired) electrons. The molecule has 2 rings (SSSR count). The van der Waals surface area contributed by atoms with E-state index in [0.717, 1.165) is 6.42 Å². The van der Waals surface area contributed by atoms with Gasteiger partial charge in [-0.25, -0.2) is 0 Å². The van der Waals surface area contributed by atoms with E-state index in [1.807, 2.05) is 36.4 Å². The molecule has 0 aliphatic carbocycles. The van der Waals surface area contributed by atoms with E-state index in [2.05, 4.69) is 31.2 Å². The summed E-state index contributed by atoms with van der Waals surface area (Å²) in [5.74, 6) is 0. The van der Waals surface area contributed by atoms with Gasteiger partial charge in [-0.3, -0.25) is 0 Å². The van der Waals surface area contributed by atoms with Crippen LogP contribution in [-0.4, -0.2) is 12.6 Å². The molecule has 0 bridgehead atoms. The number of rotatable bonds is 6. The van der Waals surface area contributed by atoms with Crippen LogP contribution in [0, 0.1) is 0 Å². The van der Waals surface area contributed by atoms with Crippen LogP contribution in [0.1, 0.15) is 30.6 Å². The molecule has 0 aliphatic heterocycles. The van der Waals surface area contributed by atoms with Crippen LogP contribution in [0.4, 0.5) is 0 Å². The quantitative estimate of drug-likeness (QED) is 0.857.